The number of piperidine rings is 1. The predicted octanol–water partition coefficient (Wildman–Crippen LogP) is 3.62. The van der Waals surface area contributed by atoms with E-state index in [0.29, 0.717) is 31.6 Å². The lowest BCUT2D eigenvalue weighted by molar-refractivity contribution is -0.144. The molecular formula is C22H35N3O3. The molecule has 0 atom stereocenters. The number of amides is 1. The van der Waals surface area contributed by atoms with Gasteiger partial charge in [0.1, 0.15) is 5.82 Å². The van der Waals surface area contributed by atoms with Gasteiger partial charge in [-0.1, -0.05) is 26.2 Å². The molecule has 1 amide bonds. The molecule has 0 spiro atoms. The number of carbonyl (C=O) groups is 1. The first-order chi connectivity index (χ1) is 13.5. The SMILES string of the molecule is COCCOCc1cnc(C)nc1C1CCN(C(=O)C2(C)CCCCC2)CC1. The summed E-state index contributed by atoms with van der Waals surface area (Å²) in [5.41, 5.74) is 2.02. The topological polar surface area (TPSA) is 64.6 Å². The number of aromatic nitrogens is 2. The maximum atomic E-state index is 13.1. The number of methoxy groups -OCH3 is 1. The number of carbonyl (C=O) groups excluding carboxylic acids is 1. The third kappa shape index (κ3) is 5.09. The Kier molecular flexibility index (Phi) is 7.41. The van der Waals surface area contributed by atoms with Crippen LogP contribution in [0.15, 0.2) is 6.20 Å². The summed E-state index contributed by atoms with van der Waals surface area (Å²) < 4.78 is 10.8. The lowest BCUT2D eigenvalue weighted by Gasteiger charge is -2.40. The molecule has 1 aliphatic heterocycles. The molecule has 1 saturated carbocycles. The summed E-state index contributed by atoms with van der Waals surface area (Å²) in [6.45, 7) is 7.41. The highest BCUT2D eigenvalue weighted by Crippen LogP contribution is 2.39. The molecular weight excluding hydrogens is 354 g/mol. The number of ether oxygens (including phenoxy) is 2. The number of hydrogen-bond donors (Lipinski definition) is 0. The zero-order valence-electron chi connectivity index (χ0n) is 17.7. The molecule has 2 aliphatic rings. The Balaban J connectivity index is 1.61. The minimum absolute atomic E-state index is 0.142. The van der Waals surface area contributed by atoms with Crippen LogP contribution in [0.25, 0.3) is 0 Å². The summed E-state index contributed by atoms with van der Waals surface area (Å²) >= 11 is 0. The summed E-state index contributed by atoms with van der Waals surface area (Å²) in [6, 6.07) is 0. The maximum absolute atomic E-state index is 13.1. The molecule has 1 aromatic rings. The highest BCUT2D eigenvalue weighted by Gasteiger charge is 2.39. The van der Waals surface area contributed by atoms with Crippen LogP contribution in [-0.4, -0.2) is 54.2 Å². The number of likely N-dealkylation sites (tertiary alicyclic amines) is 1. The minimum atomic E-state index is -0.142. The Morgan fingerprint density at radius 2 is 1.93 bits per heavy atom. The molecule has 1 saturated heterocycles. The zero-order valence-corrected chi connectivity index (χ0v) is 17.7. The molecule has 0 unspecified atom stereocenters. The van der Waals surface area contributed by atoms with E-state index in [1.807, 2.05) is 13.1 Å². The molecule has 2 heterocycles. The Morgan fingerprint density at radius 1 is 1.21 bits per heavy atom. The van der Waals surface area contributed by atoms with E-state index in [2.05, 4.69) is 16.8 Å². The van der Waals surface area contributed by atoms with Crippen molar-refractivity contribution in [2.45, 2.75) is 71.3 Å². The standard InChI is InChI=1S/C22H35N3O3/c1-17-23-15-19(16-28-14-13-27-3)20(24-17)18-7-11-25(12-8-18)21(26)22(2)9-5-4-6-10-22/h15,18H,4-14,16H2,1-3H3. The molecule has 28 heavy (non-hydrogen) atoms. The molecule has 1 aromatic heterocycles. The van der Waals surface area contributed by atoms with Crippen molar-refractivity contribution < 1.29 is 14.3 Å². The van der Waals surface area contributed by atoms with Crippen LogP contribution in [0.2, 0.25) is 0 Å². The Bertz CT molecular complexity index is 650. The number of aryl methyl sites for hydroxylation is 1. The van der Waals surface area contributed by atoms with E-state index < -0.39 is 0 Å². The van der Waals surface area contributed by atoms with Gasteiger partial charge in [-0.2, -0.15) is 0 Å². The van der Waals surface area contributed by atoms with E-state index in [0.717, 1.165) is 55.9 Å². The van der Waals surface area contributed by atoms with Gasteiger partial charge < -0.3 is 14.4 Å². The van der Waals surface area contributed by atoms with Gasteiger partial charge in [0.05, 0.1) is 25.5 Å². The van der Waals surface area contributed by atoms with Gasteiger partial charge in [0.2, 0.25) is 5.91 Å². The lowest BCUT2D eigenvalue weighted by Crippen LogP contribution is -2.46. The molecule has 0 bridgehead atoms. The van der Waals surface area contributed by atoms with E-state index in [1.165, 1.54) is 19.3 Å². The molecule has 6 nitrogen and oxygen atoms in total. The second kappa shape index (κ2) is 9.79. The second-order valence-corrected chi connectivity index (χ2v) is 8.56. The molecule has 3 rings (SSSR count). The summed E-state index contributed by atoms with van der Waals surface area (Å²) in [6.07, 6.45) is 9.54. The molecule has 0 N–H and O–H groups in total. The van der Waals surface area contributed by atoms with E-state index in [4.69, 9.17) is 14.5 Å². The van der Waals surface area contributed by atoms with Gasteiger partial charge >= 0.3 is 0 Å². The monoisotopic (exact) mass is 389 g/mol. The number of nitrogens with zero attached hydrogens (tertiary/aromatic N) is 3. The molecule has 0 aromatic carbocycles. The van der Waals surface area contributed by atoms with E-state index in [9.17, 15) is 4.79 Å². The summed E-state index contributed by atoms with van der Waals surface area (Å²) in [5, 5.41) is 0. The zero-order chi connectivity index (χ0) is 20.0. The average Bonchev–Trinajstić information content (AvgIpc) is 2.72. The van der Waals surface area contributed by atoms with E-state index in [-0.39, 0.29) is 5.41 Å². The van der Waals surface area contributed by atoms with Crippen LogP contribution in [0, 0.1) is 12.3 Å². The minimum Gasteiger partial charge on any atom is -0.382 e. The van der Waals surface area contributed by atoms with Crippen molar-refractivity contribution in [3.05, 3.63) is 23.3 Å². The third-order valence-electron chi connectivity index (χ3n) is 6.35. The highest BCUT2D eigenvalue weighted by molar-refractivity contribution is 5.82. The Morgan fingerprint density at radius 3 is 2.61 bits per heavy atom. The first kappa shape index (κ1) is 21.2. The third-order valence-corrected chi connectivity index (χ3v) is 6.35. The fourth-order valence-corrected chi connectivity index (χ4v) is 4.59. The van der Waals surface area contributed by atoms with Gasteiger partial charge in [-0.3, -0.25) is 4.79 Å². The van der Waals surface area contributed by atoms with Gasteiger partial charge in [-0.15, -0.1) is 0 Å². The maximum Gasteiger partial charge on any atom is 0.228 e. The second-order valence-electron chi connectivity index (χ2n) is 8.56. The van der Waals surface area contributed by atoms with Crippen LogP contribution >= 0.6 is 0 Å². The van der Waals surface area contributed by atoms with Crippen LogP contribution in [0.5, 0.6) is 0 Å². The molecule has 1 aliphatic carbocycles. The van der Waals surface area contributed by atoms with Gasteiger partial charge in [0, 0.05) is 43.3 Å². The normalized spacial score (nSPS) is 20.3. The van der Waals surface area contributed by atoms with Gasteiger partial charge in [0.25, 0.3) is 0 Å². The van der Waals surface area contributed by atoms with Crippen LogP contribution in [-0.2, 0) is 20.9 Å². The molecule has 156 valence electrons. The molecule has 2 fully saturated rings. The van der Waals surface area contributed by atoms with E-state index in [1.54, 1.807) is 7.11 Å². The van der Waals surface area contributed by atoms with Crippen molar-refractivity contribution in [3.8, 4) is 0 Å². The van der Waals surface area contributed by atoms with Crippen molar-refractivity contribution in [1.29, 1.82) is 0 Å². The number of hydrogen-bond acceptors (Lipinski definition) is 5. The van der Waals surface area contributed by atoms with Crippen LogP contribution in [0.1, 0.15) is 74.9 Å². The predicted molar refractivity (Wildman–Crippen MR) is 108 cm³/mol. The van der Waals surface area contributed by atoms with Crippen LogP contribution in [0.4, 0.5) is 0 Å². The summed E-state index contributed by atoms with van der Waals surface area (Å²) in [4.78, 5) is 24.3. The first-order valence-corrected chi connectivity index (χ1v) is 10.7. The van der Waals surface area contributed by atoms with E-state index >= 15 is 0 Å². The average molecular weight is 390 g/mol. The van der Waals surface area contributed by atoms with Gasteiger partial charge in [-0.05, 0) is 32.6 Å². The Hall–Kier alpha value is -1.53. The van der Waals surface area contributed by atoms with Gasteiger partial charge in [-0.25, -0.2) is 9.97 Å². The summed E-state index contributed by atoms with van der Waals surface area (Å²) in [7, 11) is 1.67. The van der Waals surface area contributed by atoms with Crippen molar-refractivity contribution in [2.75, 3.05) is 33.4 Å². The fraction of sp³-hybridized carbons (Fsp3) is 0.773. The molecule has 6 heteroatoms. The quantitative estimate of drug-likeness (QED) is 0.667. The van der Waals surface area contributed by atoms with Crippen LogP contribution < -0.4 is 0 Å². The van der Waals surface area contributed by atoms with Crippen molar-refractivity contribution in [3.63, 3.8) is 0 Å². The van der Waals surface area contributed by atoms with Crippen molar-refractivity contribution >= 4 is 5.91 Å². The smallest absolute Gasteiger partial charge is 0.228 e. The molecule has 0 radical (unpaired) electrons. The fourth-order valence-electron chi connectivity index (χ4n) is 4.59. The first-order valence-electron chi connectivity index (χ1n) is 10.7. The number of rotatable bonds is 7. The Labute approximate surface area is 169 Å². The van der Waals surface area contributed by atoms with Crippen molar-refractivity contribution in [1.82, 2.24) is 14.9 Å². The highest BCUT2D eigenvalue weighted by atomic mass is 16.5. The van der Waals surface area contributed by atoms with Gasteiger partial charge in [0.15, 0.2) is 0 Å². The summed E-state index contributed by atoms with van der Waals surface area (Å²) in [5.74, 6) is 1.53. The largest absolute Gasteiger partial charge is 0.382 e. The van der Waals surface area contributed by atoms with Crippen LogP contribution in [0.3, 0.4) is 0 Å². The lowest BCUT2D eigenvalue weighted by atomic mass is 9.74. The van der Waals surface area contributed by atoms with Crippen molar-refractivity contribution in [2.24, 2.45) is 5.41 Å².